The van der Waals surface area contributed by atoms with Crippen LogP contribution in [0.1, 0.15) is 0 Å². The van der Waals surface area contributed by atoms with E-state index in [1.54, 1.807) is 24.3 Å². The van der Waals surface area contributed by atoms with E-state index in [0.717, 1.165) is 0 Å². The lowest BCUT2D eigenvalue weighted by atomic mass is 10.2. The van der Waals surface area contributed by atoms with E-state index in [1.165, 1.54) is 0 Å². The molecule has 2 aromatic carbocycles. The normalized spacial score (nSPS) is 12.2. The maximum atomic E-state index is 5.92. The fourth-order valence-electron chi connectivity index (χ4n) is 1.67. The number of hydrogen-bond donors (Lipinski definition) is 1. The Bertz CT molecular complexity index is 658. The lowest BCUT2D eigenvalue weighted by Gasteiger charge is -2.22. The Balaban J connectivity index is 2.15. The molecule has 2 N–H and O–H groups in total. The van der Waals surface area contributed by atoms with Crippen molar-refractivity contribution in [1.82, 2.24) is 0 Å². The third-order valence-electron chi connectivity index (χ3n) is 2.47. The third kappa shape index (κ3) is 1.85. The Kier molecular flexibility index (Phi) is 2.70. The van der Waals surface area contributed by atoms with E-state index in [9.17, 15) is 0 Å². The van der Waals surface area contributed by atoms with E-state index < -0.39 is 0 Å². The van der Waals surface area contributed by atoms with Crippen LogP contribution in [0.3, 0.4) is 0 Å². The lowest BCUT2D eigenvalue weighted by Crippen LogP contribution is -2.02. The van der Waals surface area contributed by atoms with Gasteiger partial charge in [0.1, 0.15) is 0 Å². The molecule has 0 saturated carbocycles. The van der Waals surface area contributed by atoms with Gasteiger partial charge in [-0.25, -0.2) is 0 Å². The van der Waals surface area contributed by atoms with Gasteiger partial charge < -0.3 is 15.2 Å². The van der Waals surface area contributed by atoms with Crippen molar-refractivity contribution in [2.75, 3.05) is 5.73 Å². The average Bonchev–Trinajstić information content (AvgIpc) is 2.29. The summed E-state index contributed by atoms with van der Waals surface area (Å²) in [7, 11) is 0. The van der Waals surface area contributed by atoms with Gasteiger partial charge >= 0.3 is 0 Å². The molecular formula is C12H6Cl3NO2. The monoisotopic (exact) mass is 301 g/mol. The van der Waals surface area contributed by atoms with Crippen molar-refractivity contribution in [3.05, 3.63) is 39.3 Å². The molecular weight excluding hydrogens is 296 g/mol. The molecule has 1 aliphatic rings. The molecule has 0 fully saturated rings. The van der Waals surface area contributed by atoms with Crippen LogP contribution in [0, 0.1) is 0 Å². The molecule has 92 valence electrons. The summed E-state index contributed by atoms with van der Waals surface area (Å²) in [6.45, 7) is 0. The topological polar surface area (TPSA) is 44.5 Å². The summed E-state index contributed by atoms with van der Waals surface area (Å²) in [4.78, 5) is 0. The first kappa shape index (κ1) is 11.8. The zero-order valence-electron chi connectivity index (χ0n) is 8.84. The highest BCUT2D eigenvalue weighted by atomic mass is 35.5. The molecule has 0 bridgehead atoms. The predicted molar refractivity (Wildman–Crippen MR) is 72.5 cm³/mol. The average molecular weight is 303 g/mol. The van der Waals surface area contributed by atoms with E-state index in [1.807, 2.05) is 0 Å². The van der Waals surface area contributed by atoms with Crippen molar-refractivity contribution in [2.45, 2.75) is 0 Å². The van der Waals surface area contributed by atoms with Crippen LogP contribution in [0.2, 0.25) is 15.1 Å². The van der Waals surface area contributed by atoms with Crippen LogP contribution in [0.15, 0.2) is 24.3 Å². The Morgan fingerprint density at radius 3 is 2.06 bits per heavy atom. The Morgan fingerprint density at radius 1 is 0.778 bits per heavy atom. The van der Waals surface area contributed by atoms with Crippen LogP contribution in [0.5, 0.6) is 23.0 Å². The second kappa shape index (κ2) is 4.12. The number of ether oxygens (including phenoxy) is 2. The van der Waals surface area contributed by atoms with Crippen LogP contribution < -0.4 is 15.2 Å². The van der Waals surface area contributed by atoms with Crippen molar-refractivity contribution in [3.8, 4) is 23.0 Å². The van der Waals surface area contributed by atoms with Crippen molar-refractivity contribution in [1.29, 1.82) is 0 Å². The first-order chi connectivity index (χ1) is 8.54. The third-order valence-corrected chi connectivity index (χ3v) is 3.41. The summed E-state index contributed by atoms with van der Waals surface area (Å²) in [5.41, 5.74) is 6.22. The van der Waals surface area contributed by atoms with E-state index in [-0.39, 0.29) is 0 Å². The zero-order valence-corrected chi connectivity index (χ0v) is 11.1. The van der Waals surface area contributed by atoms with Gasteiger partial charge in [0.15, 0.2) is 23.0 Å². The molecule has 1 aliphatic heterocycles. The number of rotatable bonds is 0. The fraction of sp³-hybridized carbons (Fsp3) is 0. The molecule has 18 heavy (non-hydrogen) atoms. The molecule has 0 radical (unpaired) electrons. The summed E-state index contributed by atoms with van der Waals surface area (Å²) in [6, 6.07) is 6.38. The molecule has 0 unspecified atom stereocenters. The van der Waals surface area contributed by atoms with Gasteiger partial charge in [-0.2, -0.15) is 0 Å². The molecule has 0 saturated heterocycles. The number of nitrogens with two attached hydrogens (primary N) is 1. The summed E-state index contributed by atoms with van der Waals surface area (Å²) >= 11 is 17.7. The summed E-state index contributed by atoms with van der Waals surface area (Å²) in [6.07, 6.45) is 0. The van der Waals surface area contributed by atoms with Gasteiger partial charge in [0.2, 0.25) is 0 Å². The predicted octanol–water partition coefficient (Wildman–Crippen LogP) is 5.13. The fourth-order valence-corrected chi connectivity index (χ4v) is 2.20. The number of fused-ring (bicyclic) bond motifs is 2. The molecule has 3 rings (SSSR count). The molecule has 0 aromatic heterocycles. The smallest absolute Gasteiger partial charge is 0.193 e. The molecule has 0 aliphatic carbocycles. The minimum atomic E-state index is 0.384. The van der Waals surface area contributed by atoms with Gasteiger partial charge in [0.05, 0.1) is 15.7 Å². The Morgan fingerprint density at radius 2 is 1.39 bits per heavy atom. The molecule has 6 heteroatoms. The van der Waals surface area contributed by atoms with E-state index in [2.05, 4.69) is 0 Å². The van der Waals surface area contributed by atoms with Crippen molar-refractivity contribution < 1.29 is 9.47 Å². The minimum Gasteiger partial charge on any atom is -0.449 e. The first-order valence-corrected chi connectivity index (χ1v) is 6.12. The van der Waals surface area contributed by atoms with Crippen molar-refractivity contribution in [3.63, 3.8) is 0 Å². The minimum absolute atomic E-state index is 0.384. The zero-order chi connectivity index (χ0) is 12.9. The number of anilines is 1. The van der Waals surface area contributed by atoms with E-state index >= 15 is 0 Å². The van der Waals surface area contributed by atoms with Crippen molar-refractivity contribution >= 4 is 40.5 Å². The summed E-state index contributed by atoms with van der Waals surface area (Å²) < 4.78 is 11.3. The SMILES string of the molecule is Nc1cc(Cl)cc2c1Oc1cc(Cl)c(Cl)cc1O2. The van der Waals surface area contributed by atoms with Gasteiger partial charge in [0.25, 0.3) is 0 Å². The van der Waals surface area contributed by atoms with Crippen LogP contribution in [-0.2, 0) is 0 Å². The highest BCUT2D eigenvalue weighted by Crippen LogP contribution is 2.50. The Hall–Kier alpha value is -1.29. The largest absolute Gasteiger partial charge is 0.449 e. The molecule has 1 heterocycles. The molecule has 0 amide bonds. The summed E-state index contributed by atoms with van der Waals surface area (Å²) in [5, 5.41) is 1.24. The quantitative estimate of drug-likeness (QED) is 0.586. The second-order valence-corrected chi connectivity index (χ2v) is 4.99. The van der Waals surface area contributed by atoms with Gasteiger partial charge in [-0.3, -0.25) is 0 Å². The molecule has 3 nitrogen and oxygen atoms in total. The number of hydrogen-bond acceptors (Lipinski definition) is 3. The second-order valence-electron chi connectivity index (χ2n) is 3.74. The van der Waals surface area contributed by atoms with Crippen LogP contribution in [0.25, 0.3) is 0 Å². The van der Waals surface area contributed by atoms with Gasteiger partial charge in [-0.1, -0.05) is 34.8 Å². The van der Waals surface area contributed by atoms with E-state index in [4.69, 9.17) is 50.0 Å². The van der Waals surface area contributed by atoms with Gasteiger partial charge in [-0.15, -0.1) is 0 Å². The van der Waals surface area contributed by atoms with Gasteiger partial charge in [0, 0.05) is 23.2 Å². The van der Waals surface area contributed by atoms with Crippen molar-refractivity contribution in [2.24, 2.45) is 0 Å². The standard InChI is InChI=1S/C12H6Cl3NO2/c13-5-1-8(16)12-11(2-5)17-9-3-6(14)7(15)4-10(9)18-12/h1-4H,16H2. The maximum Gasteiger partial charge on any atom is 0.193 e. The number of halogens is 3. The van der Waals surface area contributed by atoms with Crippen LogP contribution >= 0.6 is 34.8 Å². The molecule has 0 atom stereocenters. The molecule has 2 aromatic rings. The number of nitrogen functional groups attached to an aromatic ring is 1. The maximum absolute atomic E-state index is 5.92. The van der Waals surface area contributed by atoms with Crippen LogP contribution in [-0.4, -0.2) is 0 Å². The highest BCUT2D eigenvalue weighted by molar-refractivity contribution is 6.42. The lowest BCUT2D eigenvalue weighted by molar-refractivity contribution is 0.361. The highest BCUT2D eigenvalue weighted by Gasteiger charge is 2.23. The molecule has 0 spiro atoms. The Labute approximate surface area is 118 Å². The van der Waals surface area contributed by atoms with E-state index in [0.29, 0.717) is 43.8 Å². The van der Waals surface area contributed by atoms with Crippen LogP contribution in [0.4, 0.5) is 5.69 Å². The summed E-state index contributed by atoms with van der Waals surface area (Å²) in [5.74, 6) is 1.81. The van der Waals surface area contributed by atoms with Gasteiger partial charge in [-0.05, 0) is 6.07 Å². The first-order valence-electron chi connectivity index (χ1n) is 4.98. The number of benzene rings is 2.